The van der Waals surface area contributed by atoms with Gasteiger partial charge < -0.3 is 33.2 Å². The molecular weight excluding hydrogens is 733 g/mol. The second-order valence-corrected chi connectivity index (χ2v) is 13.8. The van der Waals surface area contributed by atoms with Crippen LogP contribution in [0.25, 0.3) is 0 Å². The van der Waals surface area contributed by atoms with Crippen molar-refractivity contribution in [3.8, 4) is 0 Å². The van der Waals surface area contributed by atoms with Crippen LogP contribution in [-0.2, 0) is 66.2 Å². The summed E-state index contributed by atoms with van der Waals surface area (Å²) in [5.74, 6) is -1.46. The van der Waals surface area contributed by atoms with E-state index < -0.39 is 42.6 Å². The van der Waals surface area contributed by atoms with Gasteiger partial charge in [-0.05, 0) is 39.9 Å². The predicted molar refractivity (Wildman–Crippen MR) is 217 cm³/mol. The van der Waals surface area contributed by atoms with E-state index >= 15 is 0 Å². The Labute approximate surface area is 339 Å². The standard InChI is InChI=1S/C49H46O9/c50-47(56-34-40-26-14-5-15-27-40)41-28-16-17-29-42(41)48(51)58-49-46(55-33-39-24-12-4-13-25-39)45(54-32-38-22-10-3-11-23-38)44(53-31-37-20-8-2-9-21-37)43(57-49)35-52-30-36-18-6-1-7-19-36/h1-29,43-46,49H,30-35H2/t43-,44-,45+,46+,49-/m1/s1. The fraction of sp³-hybridized carbons (Fsp3) is 0.224. The molecule has 7 rings (SSSR count). The van der Waals surface area contributed by atoms with Crippen LogP contribution in [0.1, 0.15) is 48.5 Å². The van der Waals surface area contributed by atoms with Gasteiger partial charge in [0.1, 0.15) is 31.0 Å². The van der Waals surface area contributed by atoms with E-state index in [2.05, 4.69) is 0 Å². The fourth-order valence-corrected chi connectivity index (χ4v) is 6.65. The molecular formula is C49H46O9. The van der Waals surface area contributed by atoms with Crippen LogP contribution in [0.5, 0.6) is 0 Å². The molecule has 1 aliphatic heterocycles. The molecule has 0 N–H and O–H groups in total. The monoisotopic (exact) mass is 778 g/mol. The third-order valence-electron chi connectivity index (χ3n) is 9.64. The topological polar surface area (TPSA) is 98.8 Å². The number of hydrogen-bond donors (Lipinski definition) is 0. The van der Waals surface area contributed by atoms with Crippen molar-refractivity contribution in [2.75, 3.05) is 6.61 Å². The molecule has 0 radical (unpaired) electrons. The zero-order valence-corrected chi connectivity index (χ0v) is 32.0. The average Bonchev–Trinajstić information content (AvgIpc) is 3.28. The lowest BCUT2D eigenvalue weighted by Crippen LogP contribution is -2.62. The highest BCUT2D eigenvalue weighted by Crippen LogP contribution is 2.32. The number of benzene rings is 6. The summed E-state index contributed by atoms with van der Waals surface area (Å²) >= 11 is 0. The van der Waals surface area contributed by atoms with Crippen LogP contribution in [-0.4, -0.2) is 49.3 Å². The maximum absolute atomic E-state index is 14.2. The first-order valence-corrected chi connectivity index (χ1v) is 19.4. The Morgan fingerprint density at radius 3 is 1.28 bits per heavy atom. The first kappa shape index (κ1) is 40.3. The van der Waals surface area contributed by atoms with E-state index in [1.807, 2.05) is 152 Å². The Balaban J connectivity index is 1.20. The minimum absolute atomic E-state index is 0.0204. The molecule has 0 unspecified atom stereocenters. The quantitative estimate of drug-likeness (QED) is 0.0793. The van der Waals surface area contributed by atoms with Gasteiger partial charge in [0.25, 0.3) is 0 Å². The summed E-state index contributed by atoms with van der Waals surface area (Å²) < 4.78 is 44.9. The zero-order valence-electron chi connectivity index (χ0n) is 32.0. The molecule has 0 spiro atoms. The second-order valence-electron chi connectivity index (χ2n) is 13.8. The fourth-order valence-electron chi connectivity index (χ4n) is 6.65. The molecule has 6 aromatic rings. The van der Waals surface area contributed by atoms with Gasteiger partial charge in [0, 0.05) is 0 Å². The third-order valence-corrected chi connectivity index (χ3v) is 9.64. The van der Waals surface area contributed by atoms with E-state index in [9.17, 15) is 9.59 Å². The van der Waals surface area contributed by atoms with Crippen LogP contribution in [0, 0.1) is 0 Å². The molecule has 0 saturated carbocycles. The van der Waals surface area contributed by atoms with Gasteiger partial charge in [-0.25, -0.2) is 9.59 Å². The van der Waals surface area contributed by atoms with Gasteiger partial charge in [-0.3, -0.25) is 0 Å². The highest BCUT2D eigenvalue weighted by Gasteiger charge is 2.50. The highest BCUT2D eigenvalue weighted by atomic mass is 16.7. The summed E-state index contributed by atoms with van der Waals surface area (Å²) in [5.41, 5.74) is 4.67. The van der Waals surface area contributed by atoms with E-state index in [0.29, 0.717) is 6.61 Å². The van der Waals surface area contributed by atoms with E-state index in [-0.39, 0.29) is 44.2 Å². The van der Waals surface area contributed by atoms with Crippen molar-refractivity contribution in [1.82, 2.24) is 0 Å². The van der Waals surface area contributed by atoms with Crippen molar-refractivity contribution in [3.05, 3.63) is 215 Å². The van der Waals surface area contributed by atoms with Crippen molar-refractivity contribution >= 4 is 11.9 Å². The van der Waals surface area contributed by atoms with E-state index in [4.69, 9.17) is 33.2 Å². The largest absolute Gasteiger partial charge is 0.457 e. The summed E-state index contributed by atoms with van der Waals surface area (Å²) in [7, 11) is 0. The SMILES string of the molecule is O=C(OCc1ccccc1)c1ccccc1C(=O)O[C@H]1O[C@H](COCc2ccccc2)[C@@H](OCc2ccccc2)[C@H](OCc2ccccc2)[C@@H]1OCc1ccccc1. The maximum Gasteiger partial charge on any atom is 0.341 e. The van der Waals surface area contributed by atoms with Crippen LogP contribution in [0.3, 0.4) is 0 Å². The summed E-state index contributed by atoms with van der Waals surface area (Å²) in [6, 6.07) is 54.9. The number of rotatable bonds is 18. The minimum Gasteiger partial charge on any atom is -0.457 e. The molecule has 1 aliphatic rings. The van der Waals surface area contributed by atoms with E-state index in [0.717, 1.165) is 27.8 Å². The molecule has 0 aromatic heterocycles. The predicted octanol–water partition coefficient (Wildman–Crippen LogP) is 8.90. The number of carbonyl (C=O) groups is 2. The van der Waals surface area contributed by atoms with Gasteiger partial charge >= 0.3 is 11.9 Å². The molecule has 0 bridgehead atoms. The molecule has 5 atom stereocenters. The van der Waals surface area contributed by atoms with Gasteiger partial charge in [0.2, 0.25) is 6.29 Å². The Kier molecular flexibility index (Phi) is 14.6. The lowest BCUT2D eigenvalue weighted by molar-refractivity contribution is -0.315. The summed E-state index contributed by atoms with van der Waals surface area (Å²) in [5, 5.41) is 0. The van der Waals surface area contributed by atoms with Gasteiger partial charge in [0.05, 0.1) is 44.2 Å². The molecule has 1 saturated heterocycles. The van der Waals surface area contributed by atoms with Crippen molar-refractivity contribution in [1.29, 1.82) is 0 Å². The molecule has 0 aliphatic carbocycles. The number of ether oxygens (including phenoxy) is 7. The Morgan fingerprint density at radius 2 is 0.793 bits per heavy atom. The summed E-state index contributed by atoms with van der Waals surface area (Å²) in [4.78, 5) is 27.7. The smallest absolute Gasteiger partial charge is 0.341 e. The zero-order chi connectivity index (χ0) is 39.8. The van der Waals surface area contributed by atoms with Crippen LogP contribution in [0.15, 0.2) is 176 Å². The van der Waals surface area contributed by atoms with Gasteiger partial charge in [-0.2, -0.15) is 0 Å². The van der Waals surface area contributed by atoms with E-state index in [1.165, 1.54) is 12.1 Å². The van der Waals surface area contributed by atoms with Crippen molar-refractivity contribution in [2.45, 2.75) is 63.7 Å². The van der Waals surface area contributed by atoms with Crippen molar-refractivity contribution < 1.29 is 42.7 Å². The Bertz CT molecular complexity index is 2130. The van der Waals surface area contributed by atoms with Crippen molar-refractivity contribution in [3.63, 3.8) is 0 Å². The Hall–Kier alpha value is -5.94. The maximum atomic E-state index is 14.2. The lowest BCUT2D eigenvalue weighted by Gasteiger charge is -2.45. The molecule has 6 aromatic carbocycles. The van der Waals surface area contributed by atoms with Crippen LogP contribution < -0.4 is 0 Å². The molecule has 9 heteroatoms. The molecule has 58 heavy (non-hydrogen) atoms. The van der Waals surface area contributed by atoms with Crippen LogP contribution in [0.4, 0.5) is 0 Å². The van der Waals surface area contributed by atoms with Gasteiger partial charge in [0.15, 0.2) is 0 Å². The number of carbonyl (C=O) groups excluding carboxylic acids is 2. The molecule has 0 amide bonds. The second kappa shape index (κ2) is 21.0. The third kappa shape index (κ3) is 11.3. The molecule has 9 nitrogen and oxygen atoms in total. The van der Waals surface area contributed by atoms with Gasteiger partial charge in [-0.15, -0.1) is 0 Å². The van der Waals surface area contributed by atoms with Crippen LogP contribution in [0.2, 0.25) is 0 Å². The van der Waals surface area contributed by atoms with Gasteiger partial charge in [-0.1, -0.05) is 164 Å². The normalized spacial score (nSPS) is 18.9. The molecule has 1 fully saturated rings. The van der Waals surface area contributed by atoms with Crippen LogP contribution >= 0.6 is 0 Å². The van der Waals surface area contributed by atoms with E-state index in [1.54, 1.807) is 12.1 Å². The highest BCUT2D eigenvalue weighted by molar-refractivity contribution is 6.03. The summed E-state index contributed by atoms with van der Waals surface area (Å²) in [6.07, 6.45) is -4.58. The molecule has 1 heterocycles. The Morgan fingerprint density at radius 1 is 0.414 bits per heavy atom. The first-order chi connectivity index (χ1) is 28.6. The lowest BCUT2D eigenvalue weighted by atomic mass is 9.97. The number of hydrogen-bond acceptors (Lipinski definition) is 9. The summed E-state index contributed by atoms with van der Waals surface area (Å²) in [6.45, 7) is 1.08. The first-order valence-electron chi connectivity index (χ1n) is 19.4. The van der Waals surface area contributed by atoms with Crippen molar-refractivity contribution in [2.24, 2.45) is 0 Å². The number of esters is 2. The molecule has 296 valence electrons. The average molecular weight is 779 g/mol. The minimum atomic E-state index is -1.30.